The van der Waals surface area contributed by atoms with Crippen LogP contribution in [-0.2, 0) is 4.79 Å². The molecule has 5 rings (SSSR count). The Bertz CT molecular complexity index is 1060. The number of fused-ring (bicyclic) bond motifs is 1. The van der Waals surface area contributed by atoms with Crippen molar-refractivity contribution in [2.45, 2.75) is 12.1 Å². The van der Waals surface area contributed by atoms with Crippen molar-refractivity contribution in [1.29, 1.82) is 0 Å². The molecule has 0 bridgehead atoms. The molecule has 2 N–H and O–H groups in total. The second-order valence-electron chi connectivity index (χ2n) is 7.75. The number of allylic oxidation sites excluding steroid dienone is 1. The predicted molar refractivity (Wildman–Crippen MR) is 118 cm³/mol. The molecule has 1 unspecified atom stereocenters. The summed E-state index contributed by atoms with van der Waals surface area (Å²) in [4.78, 5) is 19.8. The number of aliphatic imine (C=N–C) groups is 1. The first-order valence-electron chi connectivity index (χ1n) is 9.96. The van der Waals surface area contributed by atoms with Crippen LogP contribution in [0.3, 0.4) is 0 Å². The van der Waals surface area contributed by atoms with Crippen LogP contribution in [0.2, 0.25) is 0 Å². The maximum atomic E-state index is 12.9. The van der Waals surface area contributed by atoms with Gasteiger partial charge in [0.2, 0.25) is 5.91 Å². The van der Waals surface area contributed by atoms with Gasteiger partial charge in [0.1, 0.15) is 6.04 Å². The standard InChI is InChI=1S/C23H22ClN5O/c1-28-13-17(14-28)25-23(30)21-20(24)22-26-18(15-8-4-2-5-9-15)12-19(29(22)27-21)16-10-6-3-7-11-16/h2-12,17,21,27H,13-14H2,1H3,(H,25,30). The number of hydrogen-bond acceptors (Lipinski definition) is 5. The zero-order valence-corrected chi connectivity index (χ0v) is 17.3. The third kappa shape index (κ3) is 3.43. The van der Waals surface area contributed by atoms with Crippen molar-refractivity contribution in [2.75, 3.05) is 20.1 Å². The Morgan fingerprint density at radius 1 is 1.07 bits per heavy atom. The Labute approximate surface area is 180 Å². The Hall–Kier alpha value is -2.93. The highest BCUT2D eigenvalue weighted by Gasteiger charge is 2.40. The summed E-state index contributed by atoms with van der Waals surface area (Å²) < 4.78 is 0. The number of hydrazine groups is 1. The number of likely N-dealkylation sites (N-methyl/N-ethyl adjacent to an activating group) is 1. The van der Waals surface area contributed by atoms with Gasteiger partial charge in [0, 0.05) is 18.7 Å². The van der Waals surface area contributed by atoms with Crippen molar-refractivity contribution in [1.82, 2.24) is 20.7 Å². The Balaban J connectivity index is 1.51. The van der Waals surface area contributed by atoms with Gasteiger partial charge in [-0.1, -0.05) is 72.3 Å². The number of carbonyl (C=O) groups is 1. The summed E-state index contributed by atoms with van der Waals surface area (Å²) >= 11 is 6.70. The van der Waals surface area contributed by atoms with Crippen LogP contribution in [0.25, 0.3) is 5.70 Å². The fourth-order valence-corrected chi connectivity index (χ4v) is 4.21. The highest BCUT2D eigenvalue weighted by molar-refractivity contribution is 6.33. The molecule has 2 aromatic carbocycles. The first-order chi connectivity index (χ1) is 14.6. The summed E-state index contributed by atoms with van der Waals surface area (Å²) in [5, 5.41) is 5.29. The number of halogens is 1. The van der Waals surface area contributed by atoms with E-state index >= 15 is 0 Å². The van der Waals surface area contributed by atoms with Gasteiger partial charge in [0.05, 0.1) is 22.5 Å². The lowest BCUT2D eigenvalue weighted by Gasteiger charge is -2.37. The molecule has 3 heterocycles. The lowest BCUT2D eigenvalue weighted by atomic mass is 10.0. The van der Waals surface area contributed by atoms with Gasteiger partial charge < -0.3 is 10.2 Å². The quantitative estimate of drug-likeness (QED) is 0.799. The molecule has 0 spiro atoms. The average Bonchev–Trinajstić information content (AvgIpc) is 3.10. The van der Waals surface area contributed by atoms with Crippen molar-refractivity contribution in [2.24, 2.45) is 4.99 Å². The first-order valence-corrected chi connectivity index (χ1v) is 10.3. The Kier molecular flexibility index (Phi) is 4.90. The van der Waals surface area contributed by atoms with Gasteiger partial charge in [0.15, 0.2) is 5.82 Å². The van der Waals surface area contributed by atoms with E-state index in [4.69, 9.17) is 16.6 Å². The van der Waals surface area contributed by atoms with E-state index in [1.165, 1.54) is 0 Å². The van der Waals surface area contributed by atoms with Crippen molar-refractivity contribution < 1.29 is 4.79 Å². The molecular formula is C23H22ClN5O. The van der Waals surface area contributed by atoms with E-state index in [1.54, 1.807) is 0 Å². The van der Waals surface area contributed by atoms with E-state index in [1.807, 2.05) is 78.8 Å². The number of amides is 1. The summed E-state index contributed by atoms with van der Waals surface area (Å²) in [5.41, 5.74) is 6.97. The largest absolute Gasteiger partial charge is 0.349 e. The number of nitrogens with one attached hydrogen (secondary N) is 2. The number of likely N-dealkylation sites (tertiary alicyclic amines) is 1. The highest BCUT2D eigenvalue weighted by Crippen LogP contribution is 2.36. The molecule has 30 heavy (non-hydrogen) atoms. The molecule has 0 aliphatic carbocycles. The van der Waals surface area contributed by atoms with Gasteiger partial charge >= 0.3 is 0 Å². The van der Waals surface area contributed by atoms with Crippen LogP contribution < -0.4 is 10.7 Å². The molecule has 1 fully saturated rings. The van der Waals surface area contributed by atoms with E-state index in [0.29, 0.717) is 10.9 Å². The highest BCUT2D eigenvalue weighted by atomic mass is 35.5. The molecule has 0 aromatic heterocycles. The molecule has 2 aromatic rings. The van der Waals surface area contributed by atoms with E-state index in [-0.39, 0.29) is 11.9 Å². The van der Waals surface area contributed by atoms with E-state index in [0.717, 1.165) is 35.6 Å². The zero-order valence-electron chi connectivity index (χ0n) is 16.5. The number of rotatable bonds is 4. The smallest absolute Gasteiger partial charge is 0.244 e. The summed E-state index contributed by atoms with van der Waals surface area (Å²) in [6, 6.07) is 19.5. The van der Waals surface area contributed by atoms with Crippen LogP contribution >= 0.6 is 11.6 Å². The van der Waals surface area contributed by atoms with Gasteiger partial charge in [-0.3, -0.25) is 9.80 Å². The van der Waals surface area contributed by atoms with Crippen molar-refractivity contribution in [3.8, 4) is 0 Å². The molecule has 152 valence electrons. The minimum Gasteiger partial charge on any atom is -0.349 e. The van der Waals surface area contributed by atoms with Gasteiger partial charge in [-0.05, 0) is 18.7 Å². The van der Waals surface area contributed by atoms with Crippen LogP contribution in [0.5, 0.6) is 0 Å². The lowest BCUT2D eigenvalue weighted by molar-refractivity contribution is -0.124. The Morgan fingerprint density at radius 3 is 2.33 bits per heavy atom. The lowest BCUT2D eigenvalue weighted by Crippen LogP contribution is -2.60. The normalized spacial score (nSPS) is 21.7. The van der Waals surface area contributed by atoms with Gasteiger partial charge in [-0.25, -0.2) is 10.4 Å². The van der Waals surface area contributed by atoms with Gasteiger partial charge in [-0.15, -0.1) is 0 Å². The second kappa shape index (κ2) is 7.72. The SMILES string of the molecule is CN1CC(NC(=O)C2NN3C(c4ccccc4)=CC(c4ccccc4)=NC3=C2Cl)C1. The topological polar surface area (TPSA) is 60.0 Å². The molecule has 1 atom stereocenters. The zero-order chi connectivity index (χ0) is 20.7. The first kappa shape index (κ1) is 19.1. The molecule has 1 amide bonds. The molecular weight excluding hydrogens is 398 g/mol. The van der Waals surface area contributed by atoms with Crippen molar-refractivity contribution >= 4 is 28.9 Å². The molecule has 3 aliphatic heterocycles. The monoisotopic (exact) mass is 419 g/mol. The number of carbonyl (C=O) groups excluding carboxylic acids is 1. The van der Waals surface area contributed by atoms with Crippen molar-refractivity contribution in [3.63, 3.8) is 0 Å². The van der Waals surface area contributed by atoms with Crippen LogP contribution in [-0.4, -0.2) is 53.7 Å². The minimum absolute atomic E-state index is 0.135. The maximum absolute atomic E-state index is 12.9. The number of nitrogens with zero attached hydrogens (tertiary/aromatic N) is 3. The third-order valence-electron chi connectivity index (χ3n) is 5.49. The van der Waals surface area contributed by atoms with Crippen LogP contribution in [0.1, 0.15) is 11.1 Å². The number of hydrogen-bond donors (Lipinski definition) is 2. The molecule has 0 saturated carbocycles. The fourth-order valence-electron chi connectivity index (χ4n) is 3.94. The third-order valence-corrected chi connectivity index (χ3v) is 5.88. The number of benzene rings is 2. The predicted octanol–water partition coefficient (Wildman–Crippen LogP) is 2.56. The summed E-state index contributed by atoms with van der Waals surface area (Å²) in [7, 11) is 2.03. The Morgan fingerprint density at radius 2 is 1.70 bits per heavy atom. The molecule has 3 aliphatic rings. The maximum Gasteiger partial charge on any atom is 0.244 e. The van der Waals surface area contributed by atoms with Crippen LogP contribution in [0.4, 0.5) is 0 Å². The van der Waals surface area contributed by atoms with Gasteiger partial charge in [-0.2, -0.15) is 0 Å². The van der Waals surface area contributed by atoms with Crippen LogP contribution in [0, 0.1) is 0 Å². The fraction of sp³-hybridized carbons (Fsp3) is 0.217. The van der Waals surface area contributed by atoms with Crippen LogP contribution in [0.15, 0.2) is 82.6 Å². The van der Waals surface area contributed by atoms with E-state index < -0.39 is 6.04 Å². The molecule has 1 saturated heterocycles. The molecule has 0 radical (unpaired) electrons. The molecule has 6 nitrogen and oxygen atoms in total. The summed E-state index contributed by atoms with van der Waals surface area (Å²) in [5.74, 6) is 0.423. The second-order valence-corrected chi connectivity index (χ2v) is 8.16. The van der Waals surface area contributed by atoms with E-state index in [2.05, 4.69) is 15.6 Å². The summed E-state index contributed by atoms with van der Waals surface area (Å²) in [6.07, 6.45) is 2.02. The average molecular weight is 420 g/mol. The molecule has 7 heteroatoms. The van der Waals surface area contributed by atoms with Gasteiger partial charge in [0.25, 0.3) is 0 Å². The summed E-state index contributed by atoms with van der Waals surface area (Å²) in [6.45, 7) is 1.70. The van der Waals surface area contributed by atoms with E-state index in [9.17, 15) is 4.79 Å². The van der Waals surface area contributed by atoms with Crippen molar-refractivity contribution in [3.05, 3.63) is 88.7 Å². The minimum atomic E-state index is -0.668.